The van der Waals surface area contributed by atoms with Crippen LogP contribution in [0.1, 0.15) is 13.8 Å². The van der Waals surface area contributed by atoms with E-state index >= 15 is 0 Å². The van der Waals surface area contributed by atoms with Gasteiger partial charge in [0.05, 0.1) is 6.61 Å². The molecule has 1 unspecified atom stereocenters. The molecule has 4 heteroatoms. The summed E-state index contributed by atoms with van der Waals surface area (Å²) in [4.78, 5) is 22.4. The molecule has 0 saturated carbocycles. The topological polar surface area (TPSA) is 55.4 Å². The summed E-state index contributed by atoms with van der Waals surface area (Å²) in [5, 5.41) is 2.66. The molecule has 1 rings (SSSR count). The normalized spacial score (nSPS) is 27.0. The van der Waals surface area contributed by atoms with Crippen LogP contribution in [0.25, 0.3) is 0 Å². The number of hydrogen-bond acceptors (Lipinski definition) is 4. The van der Waals surface area contributed by atoms with E-state index in [-0.39, 0.29) is 12.4 Å². The molecule has 0 aromatic rings. The maximum absolute atomic E-state index is 11.2. The smallest absolute Gasteiger partial charge is 0.339 e. The van der Waals surface area contributed by atoms with Crippen molar-refractivity contribution in [2.75, 3.05) is 6.61 Å². The van der Waals surface area contributed by atoms with Crippen LogP contribution in [0.4, 0.5) is 0 Å². The van der Waals surface area contributed by atoms with E-state index in [0.717, 1.165) is 0 Å². The third kappa shape index (κ3) is 1.20. The Morgan fingerprint density at radius 1 is 1.75 bits per heavy atom. The quantitative estimate of drug-likeness (QED) is 0.466. The van der Waals surface area contributed by atoms with Crippen molar-refractivity contribution in [2.45, 2.75) is 19.4 Å². The molecule has 0 aromatic carbocycles. The van der Waals surface area contributed by atoms with Crippen LogP contribution < -0.4 is 5.32 Å². The summed E-state index contributed by atoms with van der Waals surface area (Å²) >= 11 is 0. The highest BCUT2D eigenvalue weighted by Gasteiger charge is 2.42. The lowest BCUT2D eigenvalue weighted by Crippen LogP contribution is -2.50. The Morgan fingerprint density at radius 3 is 2.83 bits per heavy atom. The van der Waals surface area contributed by atoms with E-state index in [0.29, 0.717) is 0 Å². The molecule has 0 radical (unpaired) electrons. The monoisotopic (exact) mass is 169 g/mol. The Morgan fingerprint density at radius 2 is 2.42 bits per heavy atom. The molecule has 0 aliphatic carbocycles. The van der Waals surface area contributed by atoms with E-state index in [1.54, 1.807) is 6.92 Å². The zero-order chi connectivity index (χ0) is 9.19. The lowest BCUT2D eigenvalue weighted by atomic mass is 10.00. The van der Waals surface area contributed by atoms with Crippen molar-refractivity contribution >= 4 is 11.8 Å². The van der Waals surface area contributed by atoms with Crippen molar-refractivity contribution in [1.82, 2.24) is 5.32 Å². The second kappa shape index (κ2) is 2.97. The number of esters is 1. The first-order chi connectivity index (χ1) is 5.61. The summed E-state index contributed by atoms with van der Waals surface area (Å²) in [6.07, 6.45) is 2.79. The molecular weight excluding hydrogens is 158 g/mol. The van der Waals surface area contributed by atoms with Gasteiger partial charge in [-0.15, -0.1) is 0 Å². The molecule has 4 nitrogen and oxygen atoms in total. The fraction of sp³-hybridized carbons (Fsp3) is 0.500. The van der Waals surface area contributed by atoms with Crippen molar-refractivity contribution in [3.8, 4) is 0 Å². The van der Waals surface area contributed by atoms with Crippen molar-refractivity contribution in [3.05, 3.63) is 12.3 Å². The van der Waals surface area contributed by atoms with Gasteiger partial charge in [0.2, 0.25) is 0 Å². The second-order valence-electron chi connectivity index (χ2n) is 2.69. The Hall–Kier alpha value is -1.32. The zero-order valence-electron chi connectivity index (χ0n) is 7.09. The first kappa shape index (κ1) is 8.77. The van der Waals surface area contributed by atoms with Crippen LogP contribution in [0.5, 0.6) is 0 Å². The van der Waals surface area contributed by atoms with Crippen molar-refractivity contribution in [1.29, 1.82) is 0 Å². The molecule has 0 bridgehead atoms. The molecular formula is C8H11NO3. The van der Waals surface area contributed by atoms with Crippen LogP contribution in [-0.4, -0.2) is 23.9 Å². The molecule has 1 aliphatic rings. The Bertz CT molecular complexity index is 247. The largest absolute Gasteiger partial charge is 0.464 e. The van der Waals surface area contributed by atoms with Crippen LogP contribution in [0.3, 0.4) is 0 Å². The van der Waals surface area contributed by atoms with E-state index in [9.17, 15) is 9.59 Å². The minimum Gasteiger partial charge on any atom is -0.464 e. The molecule has 0 spiro atoms. The average Bonchev–Trinajstić information content (AvgIpc) is 2.34. The molecule has 1 atom stereocenters. The van der Waals surface area contributed by atoms with Crippen LogP contribution in [0, 0.1) is 0 Å². The van der Waals surface area contributed by atoms with Crippen molar-refractivity contribution in [3.63, 3.8) is 0 Å². The van der Waals surface area contributed by atoms with Crippen LogP contribution in [-0.2, 0) is 14.3 Å². The predicted molar refractivity (Wildman–Crippen MR) is 42.3 cm³/mol. The molecule has 0 aromatic heterocycles. The highest BCUT2D eigenvalue weighted by atomic mass is 16.5. The number of hydrogen-bond donors (Lipinski definition) is 1. The lowest BCUT2D eigenvalue weighted by Gasteiger charge is -2.20. The van der Waals surface area contributed by atoms with Gasteiger partial charge < -0.3 is 10.1 Å². The van der Waals surface area contributed by atoms with Crippen LogP contribution in [0.2, 0.25) is 0 Å². The van der Waals surface area contributed by atoms with Gasteiger partial charge >= 0.3 is 5.97 Å². The Kier molecular flexibility index (Phi) is 2.17. The fourth-order valence-electron chi connectivity index (χ4n) is 0.957. The van der Waals surface area contributed by atoms with Gasteiger partial charge in [-0.25, -0.2) is 4.79 Å². The van der Waals surface area contributed by atoms with Gasteiger partial charge in [0, 0.05) is 6.20 Å². The minimum atomic E-state index is -1.20. The van der Waals surface area contributed by atoms with E-state index in [1.165, 1.54) is 19.2 Å². The molecule has 0 saturated heterocycles. The number of nitrogens with one attached hydrogen (secondary N) is 1. The van der Waals surface area contributed by atoms with E-state index < -0.39 is 11.5 Å². The summed E-state index contributed by atoms with van der Waals surface area (Å²) in [5.41, 5.74) is -1.20. The summed E-state index contributed by atoms with van der Waals surface area (Å²) in [6.45, 7) is 3.49. The van der Waals surface area contributed by atoms with Gasteiger partial charge in [0.15, 0.2) is 11.3 Å². The number of carbonyl (C=O) groups is 2. The van der Waals surface area contributed by atoms with E-state index in [4.69, 9.17) is 4.74 Å². The van der Waals surface area contributed by atoms with E-state index in [1.807, 2.05) is 0 Å². The Labute approximate surface area is 70.6 Å². The van der Waals surface area contributed by atoms with Gasteiger partial charge in [-0.05, 0) is 19.9 Å². The molecule has 1 N–H and O–H groups in total. The minimum absolute atomic E-state index is 0.263. The van der Waals surface area contributed by atoms with Crippen LogP contribution >= 0.6 is 0 Å². The number of ether oxygens (including phenoxy) is 1. The molecule has 0 fully saturated rings. The fourth-order valence-corrected chi connectivity index (χ4v) is 0.957. The van der Waals surface area contributed by atoms with Crippen molar-refractivity contribution in [2.24, 2.45) is 0 Å². The summed E-state index contributed by atoms with van der Waals surface area (Å²) < 4.78 is 4.74. The molecule has 66 valence electrons. The Balaban J connectivity index is 2.73. The summed E-state index contributed by atoms with van der Waals surface area (Å²) in [5.74, 6) is -0.791. The van der Waals surface area contributed by atoms with Gasteiger partial charge in [-0.3, -0.25) is 4.79 Å². The third-order valence-electron chi connectivity index (χ3n) is 1.78. The molecule has 0 amide bonds. The highest BCUT2D eigenvalue weighted by Crippen LogP contribution is 2.13. The summed E-state index contributed by atoms with van der Waals surface area (Å²) in [6, 6.07) is 0. The number of rotatable bonds is 2. The highest BCUT2D eigenvalue weighted by molar-refractivity contribution is 6.14. The predicted octanol–water partition coefficient (Wildman–Crippen LogP) is -0.00580. The second-order valence-corrected chi connectivity index (χ2v) is 2.69. The van der Waals surface area contributed by atoms with Gasteiger partial charge in [0.1, 0.15) is 0 Å². The van der Waals surface area contributed by atoms with E-state index in [2.05, 4.69) is 5.32 Å². The van der Waals surface area contributed by atoms with Gasteiger partial charge in [-0.2, -0.15) is 0 Å². The maximum atomic E-state index is 11.2. The maximum Gasteiger partial charge on any atom is 0.339 e. The van der Waals surface area contributed by atoms with Gasteiger partial charge in [0.25, 0.3) is 0 Å². The SMILES string of the molecule is CCOC(=O)C1(C)NC=CC1=O. The standard InChI is InChI=1S/C8H11NO3/c1-3-12-7(11)8(2)6(10)4-5-9-8/h4-5,9H,3H2,1-2H3. The number of carbonyl (C=O) groups excluding carboxylic acids is 2. The summed E-state index contributed by atoms with van der Waals surface area (Å²) in [7, 11) is 0. The lowest BCUT2D eigenvalue weighted by molar-refractivity contribution is -0.152. The zero-order valence-corrected chi connectivity index (χ0v) is 7.09. The third-order valence-corrected chi connectivity index (χ3v) is 1.78. The van der Waals surface area contributed by atoms with Crippen LogP contribution in [0.15, 0.2) is 12.3 Å². The van der Waals surface area contributed by atoms with Gasteiger partial charge in [-0.1, -0.05) is 0 Å². The first-order valence-corrected chi connectivity index (χ1v) is 3.77. The molecule has 12 heavy (non-hydrogen) atoms. The average molecular weight is 169 g/mol. The molecule has 1 heterocycles. The molecule has 1 aliphatic heterocycles. The first-order valence-electron chi connectivity index (χ1n) is 3.77. The number of ketones is 1. The van der Waals surface area contributed by atoms with Crippen molar-refractivity contribution < 1.29 is 14.3 Å².